The number of nitrogens with two attached hydrogens (primary N) is 1. The molecule has 0 radical (unpaired) electrons. The minimum absolute atomic E-state index is 0.226. The van der Waals surface area contributed by atoms with Gasteiger partial charge >= 0.3 is 0 Å². The highest BCUT2D eigenvalue weighted by molar-refractivity contribution is 5.30. The number of aryl methyl sites for hydroxylation is 2. The Bertz CT molecular complexity index is 445. The lowest BCUT2D eigenvalue weighted by molar-refractivity contribution is 0.0756. The van der Waals surface area contributed by atoms with Gasteiger partial charge in [0.2, 0.25) is 0 Å². The van der Waals surface area contributed by atoms with Crippen LogP contribution in [0.4, 0.5) is 0 Å². The molecule has 1 saturated carbocycles. The number of hydrogen-bond acceptors (Lipinski definition) is 2. The highest BCUT2D eigenvalue weighted by Crippen LogP contribution is 2.33. The van der Waals surface area contributed by atoms with Crippen molar-refractivity contribution in [1.29, 1.82) is 0 Å². The van der Waals surface area contributed by atoms with E-state index in [1.165, 1.54) is 55.2 Å². The predicted molar refractivity (Wildman–Crippen MR) is 91.5 cm³/mol. The van der Waals surface area contributed by atoms with Gasteiger partial charge in [0.25, 0.3) is 0 Å². The lowest BCUT2D eigenvalue weighted by Crippen LogP contribution is -2.53. The molecule has 0 atom stereocenters. The third kappa shape index (κ3) is 3.87. The molecule has 0 aliphatic heterocycles. The maximum absolute atomic E-state index is 6.25. The fraction of sp³-hybridized carbons (Fsp3) is 0.684. The van der Waals surface area contributed by atoms with Gasteiger partial charge in [-0.15, -0.1) is 0 Å². The van der Waals surface area contributed by atoms with Gasteiger partial charge < -0.3 is 5.73 Å². The fourth-order valence-electron chi connectivity index (χ4n) is 3.77. The zero-order valence-corrected chi connectivity index (χ0v) is 14.1. The van der Waals surface area contributed by atoms with Crippen LogP contribution in [0.5, 0.6) is 0 Å². The molecule has 1 fully saturated rings. The van der Waals surface area contributed by atoms with Crippen molar-refractivity contribution in [3.63, 3.8) is 0 Å². The molecule has 118 valence electrons. The Labute approximate surface area is 130 Å². The normalized spacial score (nSPS) is 18.7. The third-order valence-corrected chi connectivity index (χ3v) is 5.41. The van der Waals surface area contributed by atoms with Crippen molar-refractivity contribution in [2.45, 2.75) is 71.4 Å². The number of benzene rings is 1. The first-order valence-corrected chi connectivity index (χ1v) is 8.62. The Hall–Kier alpha value is -0.860. The van der Waals surface area contributed by atoms with E-state index in [9.17, 15) is 0 Å². The molecule has 0 heterocycles. The molecule has 2 N–H and O–H groups in total. The summed E-state index contributed by atoms with van der Waals surface area (Å²) in [6.45, 7) is 9.59. The van der Waals surface area contributed by atoms with E-state index in [1.807, 2.05) is 0 Å². The zero-order valence-electron chi connectivity index (χ0n) is 14.1. The molecule has 1 aliphatic carbocycles. The molecule has 1 aromatic carbocycles. The van der Waals surface area contributed by atoms with E-state index in [4.69, 9.17) is 5.73 Å². The molecular weight excluding hydrogens is 256 g/mol. The van der Waals surface area contributed by atoms with Gasteiger partial charge in [-0.3, -0.25) is 4.90 Å². The van der Waals surface area contributed by atoms with Crippen LogP contribution in [0.25, 0.3) is 0 Å². The van der Waals surface area contributed by atoms with Crippen molar-refractivity contribution < 1.29 is 0 Å². The molecule has 0 saturated heterocycles. The third-order valence-electron chi connectivity index (χ3n) is 5.41. The van der Waals surface area contributed by atoms with Crippen LogP contribution >= 0.6 is 0 Å². The largest absolute Gasteiger partial charge is 0.329 e. The number of nitrogens with zero attached hydrogens (tertiary/aromatic N) is 1. The first-order chi connectivity index (χ1) is 10.1. The number of hydrogen-bond donors (Lipinski definition) is 1. The molecule has 0 aromatic heterocycles. The van der Waals surface area contributed by atoms with Gasteiger partial charge in [-0.25, -0.2) is 0 Å². The summed E-state index contributed by atoms with van der Waals surface area (Å²) in [5, 5.41) is 0. The lowest BCUT2D eigenvalue weighted by atomic mass is 9.87. The van der Waals surface area contributed by atoms with Gasteiger partial charge in [-0.2, -0.15) is 0 Å². The van der Waals surface area contributed by atoms with E-state index in [0.717, 1.165) is 19.6 Å². The standard InChI is InChI=1S/C19H32N2/c1-4-21(14-18-10-9-16(2)17(3)13-18)19(15-20)11-7-5-6-8-12-19/h9-10,13H,4-8,11-12,14-15,20H2,1-3H3. The molecule has 2 rings (SSSR count). The molecule has 0 amide bonds. The summed E-state index contributed by atoms with van der Waals surface area (Å²) < 4.78 is 0. The Morgan fingerprint density at radius 1 is 1.05 bits per heavy atom. The van der Waals surface area contributed by atoms with Crippen molar-refractivity contribution in [2.75, 3.05) is 13.1 Å². The topological polar surface area (TPSA) is 29.3 Å². The van der Waals surface area contributed by atoms with Crippen molar-refractivity contribution >= 4 is 0 Å². The minimum atomic E-state index is 0.226. The van der Waals surface area contributed by atoms with E-state index in [0.29, 0.717) is 0 Å². The Morgan fingerprint density at radius 2 is 1.71 bits per heavy atom. The molecule has 21 heavy (non-hydrogen) atoms. The van der Waals surface area contributed by atoms with Gasteiger partial charge in [0.1, 0.15) is 0 Å². The zero-order chi connectivity index (χ0) is 15.3. The summed E-state index contributed by atoms with van der Waals surface area (Å²) in [6, 6.07) is 6.88. The van der Waals surface area contributed by atoms with Gasteiger partial charge in [0.15, 0.2) is 0 Å². The molecule has 0 bridgehead atoms. The van der Waals surface area contributed by atoms with Crippen LogP contribution in [0.2, 0.25) is 0 Å². The first kappa shape index (κ1) is 16.5. The summed E-state index contributed by atoms with van der Waals surface area (Å²) in [4.78, 5) is 2.64. The van der Waals surface area contributed by atoms with E-state index in [1.54, 1.807) is 0 Å². The van der Waals surface area contributed by atoms with E-state index in [2.05, 4.69) is 43.9 Å². The van der Waals surface area contributed by atoms with Crippen LogP contribution in [-0.4, -0.2) is 23.5 Å². The van der Waals surface area contributed by atoms with Crippen LogP contribution in [0.1, 0.15) is 62.1 Å². The summed E-state index contributed by atoms with van der Waals surface area (Å²) in [5.74, 6) is 0. The SMILES string of the molecule is CCN(Cc1ccc(C)c(C)c1)C1(CN)CCCCCC1. The van der Waals surface area contributed by atoms with E-state index < -0.39 is 0 Å². The van der Waals surface area contributed by atoms with Crippen LogP contribution in [0, 0.1) is 13.8 Å². The second-order valence-electron chi connectivity index (χ2n) is 6.78. The van der Waals surface area contributed by atoms with Crippen LogP contribution in [-0.2, 0) is 6.54 Å². The Kier molecular flexibility index (Phi) is 5.83. The second kappa shape index (κ2) is 7.42. The molecule has 1 aliphatic rings. The maximum atomic E-state index is 6.25. The quantitative estimate of drug-likeness (QED) is 0.824. The van der Waals surface area contributed by atoms with Gasteiger partial charge in [0.05, 0.1) is 0 Å². The van der Waals surface area contributed by atoms with Gasteiger partial charge in [0, 0.05) is 18.6 Å². The average molecular weight is 288 g/mol. The van der Waals surface area contributed by atoms with E-state index in [-0.39, 0.29) is 5.54 Å². The predicted octanol–water partition coefficient (Wildman–Crippen LogP) is 4.18. The molecule has 2 nitrogen and oxygen atoms in total. The molecule has 1 aromatic rings. The van der Waals surface area contributed by atoms with Gasteiger partial charge in [-0.1, -0.05) is 50.8 Å². The molecular formula is C19H32N2. The molecule has 2 heteroatoms. The molecule has 0 unspecified atom stereocenters. The van der Waals surface area contributed by atoms with Crippen molar-refractivity contribution in [1.82, 2.24) is 4.90 Å². The summed E-state index contributed by atoms with van der Waals surface area (Å²) in [6.07, 6.45) is 7.96. The minimum Gasteiger partial charge on any atom is -0.329 e. The fourth-order valence-corrected chi connectivity index (χ4v) is 3.77. The van der Waals surface area contributed by atoms with Crippen LogP contribution in [0.15, 0.2) is 18.2 Å². The Morgan fingerprint density at radius 3 is 2.24 bits per heavy atom. The summed E-state index contributed by atoms with van der Waals surface area (Å²) in [5.41, 5.74) is 10.7. The molecule has 0 spiro atoms. The van der Waals surface area contributed by atoms with Crippen LogP contribution < -0.4 is 5.73 Å². The van der Waals surface area contributed by atoms with Crippen molar-refractivity contribution in [3.05, 3.63) is 34.9 Å². The first-order valence-electron chi connectivity index (χ1n) is 8.62. The van der Waals surface area contributed by atoms with Crippen molar-refractivity contribution in [2.24, 2.45) is 5.73 Å². The average Bonchev–Trinajstić information content (AvgIpc) is 2.74. The second-order valence-corrected chi connectivity index (χ2v) is 6.78. The Balaban J connectivity index is 2.18. The monoisotopic (exact) mass is 288 g/mol. The number of likely N-dealkylation sites (N-methyl/N-ethyl adjacent to an activating group) is 1. The smallest absolute Gasteiger partial charge is 0.0335 e. The summed E-state index contributed by atoms with van der Waals surface area (Å²) in [7, 11) is 0. The van der Waals surface area contributed by atoms with Crippen LogP contribution in [0.3, 0.4) is 0 Å². The van der Waals surface area contributed by atoms with Crippen molar-refractivity contribution in [3.8, 4) is 0 Å². The maximum Gasteiger partial charge on any atom is 0.0335 e. The lowest BCUT2D eigenvalue weighted by Gasteiger charge is -2.43. The highest BCUT2D eigenvalue weighted by Gasteiger charge is 2.34. The summed E-state index contributed by atoms with van der Waals surface area (Å²) >= 11 is 0. The number of rotatable bonds is 5. The van der Waals surface area contributed by atoms with Gasteiger partial charge in [-0.05, 0) is 49.9 Å². The highest BCUT2D eigenvalue weighted by atomic mass is 15.2. The van der Waals surface area contributed by atoms with E-state index >= 15 is 0 Å².